The standard InChI is InChI=1S/C14H22N4O2/c1-18(7-10(19)8-20-2)14-11(13(15)16)6-9-4-3-5-12(9)17-14/h6,10,19H,3-5,7-8H2,1-2H3,(H3,15,16). The number of aromatic nitrogens is 1. The second-order valence-corrected chi connectivity index (χ2v) is 5.22. The smallest absolute Gasteiger partial charge is 0.139 e. The Balaban J connectivity index is 2.27. The number of methoxy groups -OCH3 is 1. The molecule has 0 saturated heterocycles. The molecule has 110 valence electrons. The van der Waals surface area contributed by atoms with Gasteiger partial charge in [0, 0.05) is 26.4 Å². The number of likely N-dealkylation sites (N-methyl/N-ethyl adjacent to an activating group) is 1. The van der Waals surface area contributed by atoms with Gasteiger partial charge in [-0.15, -0.1) is 0 Å². The lowest BCUT2D eigenvalue weighted by Crippen LogP contribution is -2.34. The summed E-state index contributed by atoms with van der Waals surface area (Å²) in [5, 5.41) is 17.5. The van der Waals surface area contributed by atoms with Crippen molar-refractivity contribution in [3.8, 4) is 0 Å². The van der Waals surface area contributed by atoms with E-state index in [9.17, 15) is 5.11 Å². The first-order chi connectivity index (χ1) is 9.52. The van der Waals surface area contributed by atoms with E-state index in [4.69, 9.17) is 15.9 Å². The molecule has 1 aliphatic rings. The van der Waals surface area contributed by atoms with Gasteiger partial charge in [0.15, 0.2) is 0 Å². The van der Waals surface area contributed by atoms with Gasteiger partial charge in [0.05, 0.1) is 18.3 Å². The van der Waals surface area contributed by atoms with E-state index in [-0.39, 0.29) is 12.4 Å². The highest BCUT2D eigenvalue weighted by Gasteiger charge is 2.20. The Morgan fingerprint density at radius 1 is 1.60 bits per heavy atom. The summed E-state index contributed by atoms with van der Waals surface area (Å²) in [6, 6.07) is 1.96. The maximum atomic E-state index is 9.82. The molecule has 20 heavy (non-hydrogen) atoms. The number of hydrogen-bond donors (Lipinski definition) is 3. The van der Waals surface area contributed by atoms with Crippen molar-refractivity contribution in [1.82, 2.24) is 4.98 Å². The average molecular weight is 278 g/mol. The van der Waals surface area contributed by atoms with E-state index in [2.05, 4.69) is 4.98 Å². The Hall–Kier alpha value is -1.66. The molecule has 1 heterocycles. The molecule has 2 rings (SSSR count). The highest BCUT2D eigenvalue weighted by Crippen LogP contribution is 2.26. The van der Waals surface area contributed by atoms with Crippen LogP contribution in [0.1, 0.15) is 23.2 Å². The van der Waals surface area contributed by atoms with Gasteiger partial charge in [-0.05, 0) is 30.9 Å². The Morgan fingerprint density at radius 2 is 2.35 bits per heavy atom. The number of nitrogens with one attached hydrogen (secondary N) is 1. The van der Waals surface area contributed by atoms with Crippen molar-refractivity contribution in [1.29, 1.82) is 5.41 Å². The molecule has 4 N–H and O–H groups in total. The number of pyridine rings is 1. The Bertz CT molecular complexity index is 504. The molecule has 1 aliphatic carbocycles. The number of anilines is 1. The molecular formula is C14H22N4O2. The van der Waals surface area contributed by atoms with Crippen LogP contribution in [0.25, 0.3) is 0 Å². The lowest BCUT2D eigenvalue weighted by Gasteiger charge is -2.24. The molecule has 0 aliphatic heterocycles. The average Bonchev–Trinajstić information content (AvgIpc) is 2.84. The Kier molecular flexibility index (Phi) is 4.57. The number of nitrogens with zero attached hydrogens (tertiary/aromatic N) is 2. The fourth-order valence-corrected chi connectivity index (χ4v) is 2.60. The molecule has 0 amide bonds. The van der Waals surface area contributed by atoms with Crippen molar-refractivity contribution in [2.45, 2.75) is 25.4 Å². The number of amidine groups is 1. The fourth-order valence-electron chi connectivity index (χ4n) is 2.60. The molecule has 6 heteroatoms. The van der Waals surface area contributed by atoms with Gasteiger partial charge in [-0.25, -0.2) is 4.98 Å². The predicted molar refractivity (Wildman–Crippen MR) is 78.4 cm³/mol. The number of fused-ring (bicyclic) bond motifs is 1. The van der Waals surface area contributed by atoms with Gasteiger partial charge < -0.3 is 20.5 Å². The van der Waals surface area contributed by atoms with Crippen LogP contribution in [0.15, 0.2) is 6.07 Å². The molecule has 1 unspecified atom stereocenters. The fraction of sp³-hybridized carbons (Fsp3) is 0.571. The summed E-state index contributed by atoms with van der Waals surface area (Å²) >= 11 is 0. The second-order valence-electron chi connectivity index (χ2n) is 5.22. The highest BCUT2D eigenvalue weighted by molar-refractivity contribution is 5.99. The zero-order valence-electron chi connectivity index (χ0n) is 12.0. The van der Waals surface area contributed by atoms with Gasteiger partial charge in [0.2, 0.25) is 0 Å². The maximum absolute atomic E-state index is 9.82. The molecule has 1 atom stereocenters. The summed E-state index contributed by atoms with van der Waals surface area (Å²) in [7, 11) is 3.40. The quantitative estimate of drug-likeness (QED) is 0.514. The summed E-state index contributed by atoms with van der Waals surface area (Å²) in [6.45, 7) is 0.657. The van der Waals surface area contributed by atoms with Crippen molar-refractivity contribution in [3.63, 3.8) is 0 Å². The zero-order chi connectivity index (χ0) is 14.7. The van der Waals surface area contributed by atoms with Gasteiger partial charge >= 0.3 is 0 Å². The van der Waals surface area contributed by atoms with Gasteiger partial charge in [-0.1, -0.05) is 0 Å². The normalized spacial score (nSPS) is 14.9. The van der Waals surface area contributed by atoms with Crippen LogP contribution in [0, 0.1) is 5.41 Å². The first-order valence-electron chi connectivity index (χ1n) is 6.78. The molecule has 0 saturated carbocycles. The minimum absolute atomic E-state index is 0.00952. The van der Waals surface area contributed by atoms with Crippen molar-refractivity contribution >= 4 is 11.7 Å². The molecule has 6 nitrogen and oxygen atoms in total. The molecule has 1 aromatic rings. The third-order valence-electron chi connectivity index (χ3n) is 3.53. The maximum Gasteiger partial charge on any atom is 0.139 e. The van der Waals surface area contributed by atoms with Gasteiger partial charge in [0.25, 0.3) is 0 Å². The van der Waals surface area contributed by atoms with Crippen LogP contribution < -0.4 is 10.6 Å². The van der Waals surface area contributed by atoms with Crippen molar-refractivity contribution in [2.24, 2.45) is 5.73 Å². The molecule has 0 fully saturated rings. The van der Waals surface area contributed by atoms with Gasteiger partial charge in [-0.3, -0.25) is 5.41 Å². The van der Waals surface area contributed by atoms with Crippen molar-refractivity contribution in [3.05, 3.63) is 22.9 Å². The van der Waals surface area contributed by atoms with Crippen LogP contribution in [-0.4, -0.2) is 49.3 Å². The minimum Gasteiger partial charge on any atom is -0.389 e. The van der Waals surface area contributed by atoms with Gasteiger partial charge in [-0.2, -0.15) is 0 Å². The zero-order valence-corrected chi connectivity index (χ0v) is 12.0. The van der Waals surface area contributed by atoms with E-state index in [1.165, 1.54) is 5.56 Å². The minimum atomic E-state index is -0.597. The first-order valence-corrected chi connectivity index (χ1v) is 6.78. The SMILES string of the molecule is COCC(O)CN(C)c1nc2c(cc1C(=N)N)CCC2. The topological polar surface area (TPSA) is 95.5 Å². The predicted octanol–water partition coefficient (Wildman–Crippen LogP) is 0.298. The van der Waals surface area contributed by atoms with Crippen LogP contribution in [0.4, 0.5) is 5.82 Å². The highest BCUT2D eigenvalue weighted by atomic mass is 16.5. The lowest BCUT2D eigenvalue weighted by molar-refractivity contribution is 0.0694. The summed E-state index contributed by atoms with van der Waals surface area (Å²) in [4.78, 5) is 6.47. The number of aliphatic hydroxyl groups is 1. The van der Waals surface area contributed by atoms with Crippen LogP contribution in [0.5, 0.6) is 0 Å². The number of aryl methyl sites for hydroxylation is 2. The molecule has 1 aromatic heterocycles. The number of hydrogen-bond acceptors (Lipinski definition) is 5. The molecular weight excluding hydrogens is 256 g/mol. The number of ether oxygens (including phenoxy) is 1. The van der Waals surface area contributed by atoms with Crippen LogP contribution in [0.3, 0.4) is 0 Å². The van der Waals surface area contributed by atoms with Gasteiger partial charge in [0.1, 0.15) is 11.7 Å². The number of aliphatic hydroxyl groups excluding tert-OH is 1. The first kappa shape index (κ1) is 14.7. The molecule has 0 radical (unpaired) electrons. The largest absolute Gasteiger partial charge is 0.389 e. The van der Waals surface area contributed by atoms with Crippen LogP contribution in [-0.2, 0) is 17.6 Å². The second kappa shape index (κ2) is 6.19. The number of nitrogen functional groups attached to an aromatic ring is 1. The Morgan fingerprint density at radius 3 is 3.00 bits per heavy atom. The summed E-state index contributed by atoms with van der Waals surface area (Å²) < 4.78 is 4.93. The van der Waals surface area contributed by atoms with E-state index in [0.717, 1.165) is 25.0 Å². The third kappa shape index (κ3) is 3.08. The van der Waals surface area contributed by atoms with Crippen molar-refractivity contribution in [2.75, 3.05) is 32.2 Å². The monoisotopic (exact) mass is 278 g/mol. The number of rotatable bonds is 6. The molecule has 0 spiro atoms. The van der Waals surface area contributed by atoms with E-state index < -0.39 is 6.10 Å². The van der Waals surface area contributed by atoms with Crippen LogP contribution in [0.2, 0.25) is 0 Å². The summed E-state index contributed by atoms with van der Waals surface area (Å²) in [6.07, 6.45) is 2.47. The van der Waals surface area contributed by atoms with E-state index in [1.54, 1.807) is 7.11 Å². The van der Waals surface area contributed by atoms with E-state index >= 15 is 0 Å². The lowest BCUT2D eigenvalue weighted by atomic mass is 10.1. The Labute approximate surface area is 119 Å². The number of nitrogens with two attached hydrogens (primary N) is 1. The van der Waals surface area contributed by atoms with E-state index in [1.807, 2.05) is 18.0 Å². The molecule has 0 aromatic carbocycles. The molecule has 0 bridgehead atoms. The summed E-state index contributed by atoms with van der Waals surface area (Å²) in [5.41, 5.74) is 8.57. The summed E-state index contributed by atoms with van der Waals surface area (Å²) in [5.74, 6) is 0.670. The third-order valence-corrected chi connectivity index (χ3v) is 3.53. The van der Waals surface area contributed by atoms with Crippen molar-refractivity contribution < 1.29 is 9.84 Å². The van der Waals surface area contributed by atoms with E-state index in [0.29, 0.717) is 17.9 Å². The van der Waals surface area contributed by atoms with Crippen LogP contribution >= 0.6 is 0 Å².